The van der Waals surface area contributed by atoms with Gasteiger partial charge in [-0.15, -0.1) is 24.0 Å². The Hall–Kier alpha value is -1.88. The molecule has 166 valence electrons. The third-order valence-electron chi connectivity index (χ3n) is 4.17. The van der Waals surface area contributed by atoms with Gasteiger partial charge in [0.25, 0.3) is 0 Å². The number of nitrogens with zero attached hydrogens (tertiary/aromatic N) is 1. The number of benzene rings is 2. The van der Waals surface area contributed by atoms with E-state index in [-0.39, 0.29) is 40.8 Å². The van der Waals surface area contributed by atoms with Crippen LogP contribution in [0.4, 0.5) is 4.39 Å². The summed E-state index contributed by atoms with van der Waals surface area (Å²) in [5, 5.41) is 6.41. The van der Waals surface area contributed by atoms with Gasteiger partial charge in [-0.25, -0.2) is 17.8 Å². The Labute approximate surface area is 195 Å². The molecule has 0 amide bonds. The molecule has 0 aliphatic carbocycles. The number of guanidine groups is 1. The first-order chi connectivity index (χ1) is 13.8. The fourth-order valence-electron chi connectivity index (χ4n) is 2.57. The maximum Gasteiger partial charge on any atom is 0.191 e. The molecule has 0 radical (unpaired) electrons. The van der Waals surface area contributed by atoms with Gasteiger partial charge in [-0.3, -0.25) is 0 Å². The van der Waals surface area contributed by atoms with E-state index in [1.807, 2.05) is 13.8 Å². The van der Waals surface area contributed by atoms with Gasteiger partial charge in [0.05, 0.1) is 18.0 Å². The number of nitrogens with one attached hydrogen (secondary N) is 2. The molecule has 0 fully saturated rings. The van der Waals surface area contributed by atoms with Crippen LogP contribution in [0.2, 0.25) is 0 Å². The molecule has 30 heavy (non-hydrogen) atoms. The van der Waals surface area contributed by atoms with Gasteiger partial charge in [-0.2, -0.15) is 0 Å². The summed E-state index contributed by atoms with van der Waals surface area (Å²) in [6.07, 6.45) is 1.79. The fourth-order valence-corrected chi connectivity index (χ4v) is 3.20. The van der Waals surface area contributed by atoms with E-state index in [0.717, 1.165) is 12.0 Å². The number of aliphatic imine (C=N–C) groups is 1. The van der Waals surface area contributed by atoms with Crippen LogP contribution in [-0.2, 0) is 16.4 Å². The fraction of sp³-hybridized carbons (Fsp3) is 0.381. The third kappa shape index (κ3) is 8.86. The van der Waals surface area contributed by atoms with Gasteiger partial charge in [-0.05, 0) is 43.2 Å². The van der Waals surface area contributed by atoms with Crippen LogP contribution in [-0.4, -0.2) is 39.8 Å². The van der Waals surface area contributed by atoms with Crippen molar-refractivity contribution in [1.82, 2.24) is 10.6 Å². The summed E-state index contributed by atoms with van der Waals surface area (Å²) in [4.78, 5) is 4.82. The monoisotopic (exact) mass is 549 g/mol. The lowest BCUT2D eigenvalue weighted by molar-refractivity contribution is 0.198. The summed E-state index contributed by atoms with van der Waals surface area (Å²) >= 11 is 0. The summed E-state index contributed by atoms with van der Waals surface area (Å²) in [6.45, 7) is 5.57. The van der Waals surface area contributed by atoms with Crippen molar-refractivity contribution in [2.45, 2.75) is 37.8 Å². The number of rotatable bonds is 9. The van der Waals surface area contributed by atoms with Crippen molar-refractivity contribution < 1.29 is 17.5 Å². The molecule has 6 nitrogen and oxygen atoms in total. The number of sulfone groups is 1. The van der Waals surface area contributed by atoms with Gasteiger partial charge in [0.2, 0.25) is 0 Å². The minimum absolute atomic E-state index is 0. The Kier molecular flexibility index (Phi) is 11.1. The molecule has 9 heteroatoms. The molecule has 0 aliphatic heterocycles. The minimum Gasteiger partial charge on any atom is -0.489 e. The number of hydrogen-bond acceptors (Lipinski definition) is 4. The lowest BCUT2D eigenvalue weighted by Gasteiger charge is -2.20. The summed E-state index contributed by atoms with van der Waals surface area (Å²) in [5.41, 5.74) is 0.901. The topological polar surface area (TPSA) is 79.8 Å². The van der Waals surface area contributed by atoms with Crippen molar-refractivity contribution in [2.24, 2.45) is 4.99 Å². The average molecular weight is 549 g/mol. The van der Waals surface area contributed by atoms with Crippen molar-refractivity contribution in [2.75, 3.05) is 19.3 Å². The third-order valence-corrected chi connectivity index (χ3v) is 5.30. The Bertz CT molecular complexity index is 921. The Morgan fingerprint density at radius 3 is 2.40 bits per heavy atom. The van der Waals surface area contributed by atoms with Crippen LogP contribution in [0.5, 0.6) is 5.75 Å². The standard InChI is InChI=1S/C21H28FN3O3S.HI/c1-4-18(28-19-8-6-7-17(22)13-19)15-25-21(23-5-2)24-14-16-9-11-20(12-10-16)29(3,26)27;/h6-13,18H,4-5,14-15H2,1-3H3,(H2,23,24,25);1H. The van der Waals surface area contributed by atoms with Gasteiger partial charge < -0.3 is 15.4 Å². The van der Waals surface area contributed by atoms with E-state index < -0.39 is 9.84 Å². The van der Waals surface area contributed by atoms with Gasteiger partial charge >= 0.3 is 0 Å². The zero-order valence-electron chi connectivity index (χ0n) is 17.4. The molecule has 0 heterocycles. The maximum absolute atomic E-state index is 13.3. The van der Waals surface area contributed by atoms with Crippen LogP contribution in [0.1, 0.15) is 25.8 Å². The number of hydrogen-bond donors (Lipinski definition) is 2. The number of ether oxygens (including phenoxy) is 1. The van der Waals surface area contributed by atoms with Gasteiger partial charge in [0.1, 0.15) is 17.7 Å². The predicted octanol–water partition coefficient (Wildman–Crippen LogP) is 3.76. The van der Waals surface area contributed by atoms with E-state index in [9.17, 15) is 12.8 Å². The quantitative estimate of drug-likeness (QED) is 0.283. The van der Waals surface area contributed by atoms with E-state index in [1.165, 1.54) is 18.4 Å². The van der Waals surface area contributed by atoms with Crippen LogP contribution in [0.3, 0.4) is 0 Å². The van der Waals surface area contributed by atoms with Crippen molar-refractivity contribution in [3.63, 3.8) is 0 Å². The molecule has 1 atom stereocenters. The highest BCUT2D eigenvalue weighted by Gasteiger charge is 2.10. The molecule has 0 aromatic heterocycles. The van der Waals surface area contributed by atoms with E-state index in [4.69, 9.17) is 4.74 Å². The highest BCUT2D eigenvalue weighted by Crippen LogP contribution is 2.15. The predicted molar refractivity (Wildman–Crippen MR) is 129 cm³/mol. The molecule has 0 spiro atoms. The first kappa shape index (κ1) is 26.2. The smallest absolute Gasteiger partial charge is 0.191 e. The average Bonchev–Trinajstić information content (AvgIpc) is 2.68. The molecule has 0 saturated carbocycles. The molecule has 2 aromatic carbocycles. The molecule has 0 saturated heterocycles. The van der Waals surface area contributed by atoms with E-state index >= 15 is 0 Å². The lowest BCUT2D eigenvalue weighted by Crippen LogP contribution is -2.42. The zero-order chi connectivity index (χ0) is 21.3. The summed E-state index contributed by atoms with van der Waals surface area (Å²) in [7, 11) is -3.21. The SMILES string of the molecule is CCNC(=NCc1ccc(S(C)(=O)=O)cc1)NCC(CC)Oc1cccc(F)c1.I. The second-order valence-electron chi connectivity index (χ2n) is 6.60. The molecule has 2 rings (SSSR count). The van der Waals surface area contributed by atoms with Gasteiger partial charge in [-0.1, -0.05) is 25.1 Å². The molecule has 2 N–H and O–H groups in total. The summed E-state index contributed by atoms with van der Waals surface area (Å²) in [5.74, 6) is 0.787. The summed E-state index contributed by atoms with van der Waals surface area (Å²) in [6, 6.07) is 12.8. The Balaban J connectivity index is 0.00000450. The van der Waals surface area contributed by atoms with E-state index in [0.29, 0.717) is 31.3 Å². The zero-order valence-corrected chi connectivity index (χ0v) is 20.5. The second kappa shape index (κ2) is 12.7. The highest BCUT2D eigenvalue weighted by atomic mass is 127. The molecule has 0 aliphatic rings. The number of halogens is 2. The Morgan fingerprint density at radius 1 is 1.13 bits per heavy atom. The van der Waals surface area contributed by atoms with E-state index in [2.05, 4.69) is 15.6 Å². The van der Waals surface area contributed by atoms with Crippen LogP contribution >= 0.6 is 24.0 Å². The largest absolute Gasteiger partial charge is 0.489 e. The highest BCUT2D eigenvalue weighted by molar-refractivity contribution is 14.0. The van der Waals surface area contributed by atoms with Crippen molar-refractivity contribution >= 4 is 39.8 Å². The van der Waals surface area contributed by atoms with E-state index in [1.54, 1.807) is 36.4 Å². The van der Waals surface area contributed by atoms with Crippen molar-refractivity contribution in [3.05, 3.63) is 59.9 Å². The first-order valence-corrected chi connectivity index (χ1v) is 11.4. The summed E-state index contributed by atoms with van der Waals surface area (Å²) < 4.78 is 42.3. The second-order valence-corrected chi connectivity index (χ2v) is 8.61. The first-order valence-electron chi connectivity index (χ1n) is 9.55. The molecule has 0 bridgehead atoms. The van der Waals surface area contributed by atoms with Gasteiger partial charge in [0, 0.05) is 18.9 Å². The minimum atomic E-state index is -3.21. The van der Waals surface area contributed by atoms with Crippen molar-refractivity contribution in [1.29, 1.82) is 0 Å². The maximum atomic E-state index is 13.3. The van der Waals surface area contributed by atoms with Crippen LogP contribution in [0.25, 0.3) is 0 Å². The Morgan fingerprint density at radius 2 is 1.83 bits per heavy atom. The molecule has 1 unspecified atom stereocenters. The molecular formula is C21H29FIN3O3S. The van der Waals surface area contributed by atoms with Crippen LogP contribution < -0.4 is 15.4 Å². The normalized spacial score (nSPS) is 12.6. The van der Waals surface area contributed by atoms with Crippen LogP contribution in [0.15, 0.2) is 58.4 Å². The molecule has 2 aromatic rings. The van der Waals surface area contributed by atoms with Gasteiger partial charge in [0.15, 0.2) is 15.8 Å². The molecular weight excluding hydrogens is 520 g/mol. The van der Waals surface area contributed by atoms with Crippen molar-refractivity contribution in [3.8, 4) is 5.75 Å². The lowest BCUT2D eigenvalue weighted by atomic mass is 10.2. The van der Waals surface area contributed by atoms with Crippen LogP contribution in [0, 0.1) is 5.82 Å².